The molecule has 34 heavy (non-hydrogen) atoms. The number of benzene rings is 2. The predicted octanol–water partition coefficient (Wildman–Crippen LogP) is 4.17. The molecule has 2 N–H and O–H groups in total. The Labute approximate surface area is 194 Å². The number of nitrogens with zero attached hydrogens (tertiary/aromatic N) is 1. The number of carbonyl (C=O) groups is 3. The van der Waals surface area contributed by atoms with E-state index in [4.69, 9.17) is 9.84 Å². The first-order valence-corrected chi connectivity index (χ1v) is 10.7. The Hall–Kier alpha value is -3.56. The molecule has 1 aliphatic carbocycles. The van der Waals surface area contributed by atoms with Crippen molar-refractivity contribution in [1.29, 1.82) is 0 Å². The van der Waals surface area contributed by atoms with Gasteiger partial charge in [0.2, 0.25) is 5.91 Å². The largest absolute Gasteiger partial charge is 0.481 e. The van der Waals surface area contributed by atoms with Crippen LogP contribution >= 0.6 is 0 Å². The zero-order valence-corrected chi connectivity index (χ0v) is 18.5. The zero-order valence-electron chi connectivity index (χ0n) is 18.5. The van der Waals surface area contributed by atoms with Crippen molar-refractivity contribution in [3.63, 3.8) is 0 Å². The summed E-state index contributed by atoms with van der Waals surface area (Å²) in [6.07, 6.45) is -7.58. The summed E-state index contributed by atoms with van der Waals surface area (Å²) in [5.41, 5.74) is 3.88. The van der Waals surface area contributed by atoms with Crippen LogP contribution in [-0.4, -0.2) is 60.4 Å². The highest BCUT2D eigenvalue weighted by Crippen LogP contribution is 2.44. The highest BCUT2D eigenvalue weighted by molar-refractivity contribution is 5.85. The minimum atomic E-state index is -4.71. The molecule has 7 nitrogen and oxygen atoms in total. The number of nitrogens with one attached hydrogen (secondary N) is 1. The van der Waals surface area contributed by atoms with Crippen molar-refractivity contribution in [3.05, 3.63) is 59.7 Å². The van der Waals surface area contributed by atoms with Crippen molar-refractivity contribution in [2.45, 2.75) is 37.4 Å². The van der Waals surface area contributed by atoms with Crippen LogP contribution in [0.15, 0.2) is 48.5 Å². The van der Waals surface area contributed by atoms with E-state index in [0.29, 0.717) is 0 Å². The van der Waals surface area contributed by atoms with E-state index in [1.165, 1.54) is 7.05 Å². The molecule has 3 rings (SSSR count). The smallest absolute Gasteiger partial charge is 0.407 e. The topological polar surface area (TPSA) is 95.9 Å². The first kappa shape index (κ1) is 25.1. The quantitative estimate of drug-likeness (QED) is 0.564. The van der Waals surface area contributed by atoms with Crippen molar-refractivity contribution in [1.82, 2.24) is 10.2 Å². The summed E-state index contributed by atoms with van der Waals surface area (Å²) in [6, 6.07) is 13.3. The van der Waals surface area contributed by atoms with Gasteiger partial charge in [-0.05, 0) is 28.7 Å². The Balaban J connectivity index is 1.65. The number of likely N-dealkylation sites (N-methyl/N-ethyl adjacent to an activating group) is 1. The third kappa shape index (κ3) is 6.27. The lowest BCUT2D eigenvalue weighted by molar-refractivity contribution is -0.153. The van der Waals surface area contributed by atoms with Gasteiger partial charge in [0.25, 0.3) is 0 Å². The summed E-state index contributed by atoms with van der Waals surface area (Å²) in [5, 5.41) is 10.7. The van der Waals surface area contributed by atoms with Crippen LogP contribution in [0.2, 0.25) is 0 Å². The number of carboxylic acid groups (broad SMARTS) is 1. The van der Waals surface area contributed by atoms with Crippen molar-refractivity contribution in [2.24, 2.45) is 0 Å². The lowest BCUT2D eigenvalue weighted by Crippen LogP contribution is -2.49. The predicted molar refractivity (Wildman–Crippen MR) is 117 cm³/mol. The molecule has 0 radical (unpaired) electrons. The molecule has 0 fully saturated rings. The van der Waals surface area contributed by atoms with Gasteiger partial charge in [0, 0.05) is 25.9 Å². The Morgan fingerprint density at radius 1 is 1.06 bits per heavy atom. The molecular weight excluding hydrogens is 453 g/mol. The fourth-order valence-electron chi connectivity index (χ4n) is 4.06. The second kappa shape index (κ2) is 10.6. The highest BCUT2D eigenvalue weighted by atomic mass is 19.4. The molecule has 0 heterocycles. The molecule has 0 spiro atoms. The summed E-state index contributed by atoms with van der Waals surface area (Å²) in [4.78, 5) is 36.5. The van der Waals surface area contributed by atoms with Gasteiger partial charge in [-0.2, -0.15) is 13.2 Å². The lowest BCUT2D eigenvalue weighted by Gasteiger charge is -2.25. The van der Waals surface area contributed by atoms with Crippen LogP contribution in [0, 0.1) is 0 Å². The Bertz CT molecular complexity index is 1010. The fourth-order valence-corrected chi connectivity index (χ4v) is 4.06. The number of amides is 2. The van der Waals surface area contributed by atoms with E-state index >= 15 is 0 Å². The maximum Gasteiger partial charge on any atom is 0.407 e. The molecule has 0 saturated heterocycles. The monoisotopic (exact) mass is 478 g/mol. The minimum absolute atomic E-state index is 0.0636. The Morgan fingerprint density at radius 3 is 2.15 bits per heavy atom. The number of alkyl carbamates (subject to hydrolysis) is 1. The highest BCUT2D eigenvalue weighted by Gasteiger charge is 2.38. The van der Waals surface area contributed by atoms with Crippen LogP contribution < -0.4 is 5.32 Å². The van der Waals surface area contributed by atoms with Crippen LogP contribution in [0.4, 0.5) is 18.0 Å². The summed E-state index contributed by atoms with van der Waals surface area (Å²) in [5.74, 6) is -2.34. The van der Waals surface area contributed by atoms with Gasteiger partial charge in [-0.25, -0.2) is 4.79 Å². The molecule has 1 unspecified atom stereocenters. The maximum atomic E-state index is 13.1. The average molecular weight is 478 g/mol. The molecule has 1 atom stereocenters. The first-order valence-electron chi connectivity index (χ1n) is 10.7. The summed E-state index contributed by atoms with van der Waals surface area (Å²) < 4.78 is 44.4. The number of hydrogen-bond acceptors (Lipinski definition) is 4. The maximum absolute atomic E-state index is 13.1. The molecule has 0 bridgehead atoms. The third-order valence-corrected chi connectivity index (χ3v) is 5.63. The van der Waals surface area contributed by atoms with E-state index < -0.39 is 36.6 Å². The first-order chi connectivity index (χ1) is 16.1. The van der Waals surface area contributed by atoms with E-state index in [1.807, 2.05) is 53.8 Å². The Kier molecular flexibility index (Phi) is 7.80. The number of fused-ring (bicyclic) bond motifs is 3. The standard InChI is InChI=1S/C24H25F3N2O5/c1-29(12-6-11-21(30)31)22(32)20(13-24(25,26)27)28-23(33)34-14-19-17-9-4-2-7-15(17)16-8-3-5-10-18(16)19/h2-5,7-10,19-20H,6,11-14H2,1H3,(H,28,33)(H,30,31). The second-order valence-electron chi connectivity index (χ2n) is 8.10. The van der Waals surface area contributed by atoms with E-state index in [0.717, 1.165) is 27.2 Å². The molecule has 2 amide bonds. The summed E-state index contributed by atoms with van der Waals surface area (Å²) in [6.45, 7) is -0.174. The van der Waals surface area contributed by atoms with Crippen LogP contribution in [-0.2, 0) is 14.3 Å². The second-order valence-corrected chi connectivity index (χ2v) is 8.10. The van der Waals surface area contributed by atoms with Crippen LogP contribution in [0.1, 0.15) is 36.3 Å². The van der Waals surface area contributed by atoms with Gasteiger partial charge in [0.15, 0.2) is 0 Å². The SMILES string of the molecule is CN(CCCC(=O)O)C(=O)C(CC(F)(F)F)NC(=O)OCC1c2ccccc2-c2ccccc21. The molecule has 2 aromatic rings. The number of carboxylic acids is 1. The van der Waals surface area contributed by atoms with Crippen LogP contribution in [0.3, 0.4) is 0 Å². The molecule has 10 heteroatoms. The molecule has 0 aromatic heterocycles. The van der Waals surface area contributed by atoms with E-state index in [1.54, 1.807) is 0 Å². The van der Waals surface area contributed by atoms with Crippen LogP contribution in [0.5, 0.6) is 0 Å². The average Bonchev–Trinajstić information content (AvgIpc) is 3.09. The molecule has 182 valence electrons. The van der Waals surface area contributed by atoms with E-state index in [-0.39, 0.29) is 31.9 Å². The number of ether oxygens (including phenoxy) is 1. The molecule has 0 aliphatic heterocycles. The number of aliphatic carboxylic acids is 1. The molecule has 1 aliphatic rings. The number of alkyl halides is 3. The number of hydrogen-bond donors (Lipinski definition) is 2. The summed E-state index contributed by atoms with van der Waals surface area (Å²) >= 11 is 0. The van der Waals surface area contributed by atoms with Crippen molar-refractivity contribution < 1.29 is 37.4 Å². The molecule has 0 saturated carbocycles. The number of rotatable bonds is 9. The van der Waals surface area contributed by atoms with Crippen molar-refractivity contribution in [3.8, 4) is 11.1 Å². The van der Waals surface area contributed by atoms with Gasteiger partial charge in [0.1, 0.15) is 12.6 Å². The molecule has 2 aromatic carbocycles. The fraction of sp³-hybridized carbons (Fsp3) is 0.375. The zero-order chi connectivity index (χ0) is 24.9. The number of halogens is 3. The Morgan fingerprint density at radius 2 is 1.62 bits per heavy atom. The van der Waals surface area contributed by atoms with Gasteiger partial charge >= 0.3 is 18.2 Å². The van der Waals surface area contributed by atoms with Crippen LogP contribution in [0.25, 0.3) is 11.1 Å². The van der Waals surface area contributed by atoms with Gasteiger partial charge in [-0.3, -0.25) is 9.59 Å². The summed E-state index contributed by atoms with van der Waals surface area (Å²) in [7, 11) is 1.26. The molecular formula is C24H25F3N2O5. The van der Waals surface area contributed by atoms with Crippen molar-refractivity contribution in [2.75, 3.05) is 20.2 Å². The normalized spacial score (nSPS) is 13.5. The van der Waals surface area contributed by atoms with E-state index in [2.05, 4.69) is 0 Å². The van der Waals surface area contributed by atoms with Gasteiger partial charge in [-0.1, -0.05) is 48.5 Å². The minimum Gasteiger partial charge on any atom is -0.481 e. The third-order valence-electron chi connectivity index (χ3n) is 5.63. The van der Waals surface area contributed by atoms with Gasteiger partial charge < -0.3 is 20.1 Å². The number of carbonyl (C=O) groups excluding carboxylic acids is 2. The van der Waals surface area contributed by atoms with Crippen molar-refractivity contribution >= 4 is 18.0 Å². The lowest BCUT2D eigenvalue weighted by atomic mass is 9.98. The van der Waals surface area contributed by atoms with Gasteiger partial charge in [-0.15, -0.1) is 0 Å². The van der Waals surface area contributed by atoms with E-state index in [9.17, 15) is 27.6 Å². The van der Waals surface area contributed by atoms with Gasteiger partial charge in [0.05, 0.1) is 6.42 Å².